The van der Waals surface area contributed by atoms with E-state index in [2.05, 4.69) is 0 Å². The van der Waals surface area contributed by atoms with Crippen molar-refractivity contribution in [2.24, 2.45) is 0 Å². The minimum Gasteiger partial charge on any atom is -0.432 e. The maximum atomic E-state index is 10.4. The molecule has 1 unspecified atom stereocenters. The Morgan fingerprint density at radius 2 is 2.60 bits per heavy atom. The molecule has 1 atom stereocenters. The number of ether oxygens (including phenoxy) is 2. The zero-order chi connectivity index (χ0) is 7.40. The van der Waals surface area contributed by atoms with E-state index in [4.69, 9.17) is 9.47 Å². The third kappa shape index (κ3) is 2.19. The molecule has 1 heterocycles. The lowest BCUT2D eigenvalue weighted by atomic mass is 10.3. The van der Waals surface area contributed by atoms with Gasteiger partial charge in [-0.05, 0) is 12.5 Å². The zero-order valence-electron chi connectivity index (χ0n) is 5.87. The lowest BCUT2D eigenvalue weighted by molar-refractivity contribution is -0.167. The van der Waals surface area contributed by atoms with Crippen molar-refractivity contribution in [3.63, 3.8) is 0 Å². The SMILES string of the molecule is CC(=O)OC1C=CCCO1. The van der Waals surface area contributed by atoms with Crippen LogP contribution in [0.2, 0.25) is 0 Å². The molecule has 0 spiro atoms. The highest BCUT2D eigenvalue weighted by Crippen LogP contribution is 2.05. The molecule has 0 aliphatic carbocycles. The molecule has 0 bridgehead atoms. The number of carbonyl (C=O) groups excluding carboxylic acids is 1. The summed E-state index contributed by atoms with van der Waals surface area (Å²) in [6.07, 6.45) is 4.13. The standard InChI is InChI=1S/C7H10O3/c1-6(8)10-7-4-2-3-5-9-7/h2,4,7H,3,5H2,1H3. The smallest absolute Gasteiger partial charge is 0.305 e. The molecule has 0 aromatic rings. The maximum absolute atomic E-state index is 10.4. The molecule has 1 aliphatic heterocycles. The van der Waals surface area contributed by atoms with Crippen LogP contribution in [0, 0.1) is 0 Å². The largest absolute Gasteiger partial charge is 0.432 e. The third-order valence-electron chi connectivity index (χ3n) is 1.14. The van der Waals surface area contributed by atoms with E-state index < -0.39 is 6.29 Å². The van der Waals surface area contributed by atoms with Crippen LogP contribution in [0.4, 0.5) is 0 Å². The van der Waals surface area contributed by atoms with Gasteiger partial charge in [-0.15, -0.1) is 0 Å². The fourth-order valence-corrected chi connectivity index (χ4v) is 0.752. The van der Waals surface area contributed by atoms with Crippen LogP contribution in [-0.2, 0) is 14.3 Å². The summed E-state index contributed by atoms with van der Waals surface area (Å²) in [6, 6.07) is 0. The third-order valence-corrected chi connectivity index (χ3v) is 1.14. The van der Waals surface area contributed by atoms with Crippen LogP contribution in [-0.4, -0.2) is 18.9 Å². The molecule has 0 N–H and O–H groups in total. The van der Waals surface area contributed by atoms with Gasteiger partial charge >= 0.3 is 5.97 Å². The van der Waals surface area contributed by atoms with Gasteiger partial charge < -0.3 is 9.47 Å². The molecule has 56 valence electrons. The number of esters is 1. The van der Waals surface area contributed by atoms with E-state index in [1.807, 2.05) is 6.08 Å². The summed E-state index contributed by atoms with van der Waals surface area (Å²) in [4.78, 5) is 10.4. The van der Waals surface area contributed by atoms with Gasteiger partial charge in [-0.2, -0.15) is 0 Å². The predicted octanol–water partition coefficient (Wildman–Crippen LogP) is 0.852. The highest BCUT2D eigenvalue weighted by molar-refractivity contribution is 5.66. The molecule has 3 heteroatoms. The molecule has 0 fully saturated rings. The molecule has 10 heavy (non-hydrogen) atoms. The molecule has 0 radical (unpaired) electrons. The molecule has 0 aromatic heterocycles. The van der Waals surface area contributed by atoms with Crippen molar-refractivity contribution in [3.05, 3.63) is 12.2 Å². The Morgan fingerprint density at radius 3 is 3.10 bits per heavy atom. The Balaban J connectivity index is 2.33. The van der Waals surface area contributed by atoms with Crippen molar-refractivity contribution in [1.29, 1.82) is 0 Å². The van der Waals surface area contributed by atoms with E-state index >= 15 is 0 Å². The summed E-state index contributed by atoms with van der Waals surface area (Å²) >= 11 is 0. The van der Waals surface area contributed by atoms with Crippen LogP contribution in [0.5, 0.6) is 0 Å². The lowest BCUT2D eigenvalue weighted by Gasteiger charge is -2.16. The topological polar surface area (TPSA) is 35.5 Å². The van der Waals surface area contributed by atoms with E-state index in [0.29, 0.717) is 6.61 Å². The monoisotopic (exact) mass is 142 g/mol. The summed E-state index contributed by atoms with van der Waals surface area (Å²) in [7, 11) is 0. The number of rotatable bonds is 1. The second-order valence-corrected chi connectivity index (χ2v) is 2.07. The number of hydrogen-bond acceptors (Lipinski definition) is 3. The van der Waals surface area contributed by atoms with Crippen molar-refractivity contribution in [3.8, 4) is 0 Å². The molecule has 3 nitrogen and oxygen atoms in total. The van der Waals surface area contributed by atoms with E-state index in [1.165, 1.54) is 6.92 Å². The fourth-order valence-electron chi connectivity index (χ4n) is 0.752. The normalized spacial score (nSPS) is 24.3. The van der Waals surface area contributed by atoms with E-state index in [1.54, 1.807) is 6.08 Å². The van der Waals surface area contributed by atoms with Crippen molar-refractivity contribution < 1.29 is 14.3 Å². The molecule has 0 amide bonds. The molecule has 1 rings (SSSR count). The van der Waals surface area contributed by atoms with Gasteiger partial charge in [0.2, 0.25) is 6.29 Å². The van der Waals surface area contributed by atoms with Crippen molar-refractivity contribution in [1.82, 2.24) is 0 Å². The van der Waals surface area contributed by atoms with Crippen molar-refractivity contribution in [2.45, 2.75) is 19.6 Å². The van der Waals surface area contributed by atoms with Crippen LogP contribution in [0.3, 0.4) is 0 Å². The van der Waals surface area contributed by atoms with Gasteiger partial charge in [0.25, 0.3) is 0 Å². The summed E-state index contributed by atoms with van der Waals surface area (Å²) in [5, 5.41) is 0. The maximum Gasteiger partial charge on any atom is 0.305 e. The van der Waals surface area contributed by atoms with Gasteiger partial charge in [-0.1, -0.05) is 6.08 Å². The molecule has 0 saturated carbocycles. The van der Waals surface area contributed by atoms with Crippen LogP contribution in [0.15, 0.2) is 12.2 Å². The van der Waals surface area contributed by atoms with E-state index in [-0.39, 0.29) is 5.97 Å². The second-order valence-electron chi connectivity index (χ2n) is 2.07. The fraction of sp³-hybridized carbons (Fsp3) is 0.571. The number of carbonyl (C=O) groups is 1. The van der Waals surface area contributed by atoms with Gasteiger partial charge in [-0.25, -0.2) is 0 Å². The first-order chi connectivity index (χ1) is 4.79. The van der Waals surface area contributed by atoms with Crippen LogP contribution >= 0.6 is 0 Å². The van der Waals surface area contributed by atoms with Crippen LogP contribution in [0.1, 0.15) is 13.3 Å². The Hall–Kier alpha value is -0.830. The Morgan fingerprint density at radius 1 is 1.80 bits per heavy atom. The predicted molar refractivity (Wildman–Crippen MR) is 35.3 cm³/mol. The molecular formula is C7H10O3. The van der Waals surface area contributed by atoms with Crippen molar-refractivity contribution in [2.75, 3.05) is 6.61 Å². The minimum absolute atomic E-state index is 0.309. The second kappa shape index (κ2) is 3.37. The molecular weight excluding hydrogens is 132 g/mol. The molecule has 0 aromatic carbocycles. The number of hydrogen-bond donors (Lipinski definition) is 0. The summed E-state index contributed by atoms with van der Waals surface area (Å²) in [5.41, 5.74) is 0. The van der Waals surface area contributed by atoms with Gasteiger partial charge in [-0.3, -0.25) is 4.79 Å². The summed E-state index contributed by atoms with van der Waals surface area (Å²) < 4.78 is 9.80. The molecule has 0 saturated heterocycles. The highest BCUT2D eigenvalue weighted by atomic mass is 16.7. The average Bonchev–Trinajstić information content (AvgIpc) is 1.88. The highest BCUT2D eigenvalue weighted by Gasteiger charge is 2.09. The first-order valence-electron chi connectivity index (χ1n) is 3.24. The minimum atomic E-state index is -0.453. The van der Waals surface area contributed by atoms with Crippen molar-refractivity contribution >= 4 is 5.97 Å². The van der Waals surface area contributed by atoms with Crippen LogP contribution < -0.4 is 0 Å². The van der Waals surface area contributed by atoms with Gasteiger partial charge in [0.05, 0.1) is 6.61 Å². The lowest BCUT2D eigenvalue weighted by Crippen LogP contribution is -2.20. The van der Waals surface area contributed by atoms with E-state index in [0.717, 1.165) is 6.42 Å². The zero-order valence-corrected chi connectivity index (χ0v) is 5.87. The van der Waals surface area contributed by atoms with Gasteiger partial charge in [0.1, 0.15) is 0 Å². The van der Waals surface area contributed by atoms with Crippen LogP contribution in [0.25, 0.3) is 0 Å². The molecule has 1 aliphatic rings. The van der Waals surface area contributed by atoms with Gasteiger partial charge in [0.15, 0.2) is 0 Å². The summed E-state index contributed by atoms with van der Waals surface area (Å²) in [6.45, 7) is 2.00. The Bertz CT molecular complexity index is 151. The quantitative estimate of drug-likeness (QED) is 0.402. The van der Waals surface area contributed by atoms with Gasteiger partial charge in [0, 0.05) is 6.92 Å². The summed E-state index contributed by atoms with van der Waals surface area (Å²) in [5.74, 6) is -0.309. The first kappa shape index (κ1) is 7.28. The Labute approximate surface area is 59.6 Å². The average molecular weight is 142 g/mol. The van der Waals surface area contributed by atoms with E-state index in [9.17, 15) is 4.79 Å². The first-order valence-corrected chi connectivity index (χ1v) is 3.24. The Kier molecular flexibility index (Phi) is 2.45.